The molecule has 1 aliphatic rings. The molecule has 0 saturated heterocycles. The second-order valence-electron chi connectivity index (χ2n) is 5.70. The van der Waals surface area contributed by atoms with E-state index in [9.17, 15) is 13.2 Å². The maximum atomic E-state index is 12.7. The molecule has 0 spiro atoms. The smallest absolute Gasteiger partial charge is 0.262 e. The number of hydrogen-bond acceptors (Lipinski definition) is 3. The van der Waals surface area contributed by atoms with Crippen LogP contribution < -0.4 is 10.0 Å². The van der Waals surface area contributed by atoms with Crippen LogP contribution in [0.1, 0.15) is 27.9 Å². The average molecular weight is 409 g/mol. The van der Waals surface area contributed by atoms with E-state index in [0.29, 0.717) is 23.4 Å². The number of nitrogens with one attached hydrogen (secondary N) is 2. The number of rotatable bonds is 3. The Morgan fingerprint density at radius 3 is 2.79 bits per heavy atom. The molecule has 126 valence electrons. The molecule has 1 amide bonds. The van der Waals surface area contributed by atoms with Crippen LogP contribution in [0, 0.1) is 6.92 Å². The second-order valence-corrected chi connectivity index (χ2v) is 8.21. The van der Waals surface area contributed by atoms with Gasteiger partial charge in [0.15, 0.2) is 0 Å². The van der Waals surface area contributed by atoms with Crippen LogP contribution in [0.2, 0.25) is 0 Å². The van der Waals surface area contributed by atoms with Crippen molar-refractivity contribution in [2.45, 2.75) is 24.7 Å². The normalized spacial score (nSPS) is 14.5. The lowest BCUT2D eigenvalue weighted by Crippen LogP contribution is -2.23. The molecule has 2 N–H and O–H groups in total. The largest absolute Gasteiger partial charge is 0.352 e. The van der Waals surface area contributed by atoms with E-state index in [2.05, 4.69) is 26.0 Å². The third-order valence-electron chi connectivity index (χ3n) is 4.02. The van der Waals surface area contributed by atoms with Gasteiger partial charge in [-0.05, 0) is 55.2 Å². The van der Waals surface area contributed by atoms with E-state index >= 15 is 0 Å². The maximum Gasteiger partial charge on any atom is 0.262 e. The van der Waals surface area contributed by atoms with Crippen molar-refractivity contribution in [3.63, 3.8) is 0 Å². The molecule has 24 heavy (non-hydrogen) atoms. The van der Waals surface area contributed by atoms with Crippen molar-refractivity contribution < 1.29 is 13.2 Å². The quantitative estimate of drug-likeness (QED) is 0.818. The average Bonchev–Trinajstić information content (AvgIpc) is 2.71. The number of sulfonamides is 1. The first-order valence-corrected chi connectivity index (χ1v) is 9.85. The van der Waals surface area contributed by atoms with Crippen molar-refractivity contribution in [1.29, 1.82) is 0 Å². The van der Waals surface area contributed by atoms with Crippen molar-refractivity contribution in [3.05, 3.63) is 57.6 Å². The van der Waals surface area contributed by atoms with E-state index in [1.54, 1.807) is 37.3 Å². The van der Waals surface area contributed by atoms with Gasteiger partial charge in [-0.15, -0.1) is 0 Å². The predicted octanol–water partition coefficient (Wildman–Crippen LogP) is 3.23. The summed E-state index contributed by atoms with van der Waals surface area (Å²) in [5.74, 6) is -0.165. The lowest BCUT2D eigenvalue weighted by molar-refractivity contribution is 0.0956. The van der Waals surface area contributed by atoms with Crippen LogP contribution >= 0.6 is 15.9 Å². The van der Waals surface area contributed by atoms with Gasteiger partial charge in [-0.1, -0.05) is 28.1 Å². The molecule has 0 radical (unpaired) electrons. The van der Waals surface area contributed by atoms with Gasteiger partial charge in [-0.3, -0.25) is 9.52 Å². The Morgan fingerprint density at radius 1 is 1.21 bits per heavy atom. The van der Waals surface area contributed by atoms with Gasteiger partial charge in [0.25, 0.3) is 15.9 Å². The van der Waals surface area contributed by atoms with E-state index in [-0.39, 0.29) is 10.8 Å². The highest BCUT2D eigenvalue weighted by Gasteiger charge is 2.20. The molecule has 7 heteroatoms. The number of anilines is 1. The summed E-state index contributed by atoms with van der Waals surface area (Å²) in [6.45, 7) is 2.37. The van der Waals surface area contributed by atoms with E-state index in [4.69, 9.17) is 0 Å². The fourth-order valence-electron chi connectivity index (χ4n) is 2.73. The molecule has 0 unspecified atom stereocenters. The molecule has 0 aliphatic carbocycles. The molecular weight excluding hydrogens is 392 g/mol. The Kier molecular flexibility index (Phi) is 4.64. The Balaban J connectivity index is 1.96. The van der Waals surface area contributed by atoms with Crippen molar-refractivity contribution in [3.8, 4) is 0 Å². The van der Waals surface area contributed by atoms with E-state index < -0.39 is 10.0 Å². The van der Waals surface area contributed by atoms with Gasteiger partial charge in [0, 0.05) is 22.3 Å². The molecule has 1 aliphatic heterocycles. The monoisotopic (exact) mass is 408 g/mol. The fourth-order valence-corrected chi connectivity index (χ4v) is 4.55. The summed E-state index contributed by atoms with van der Waals surface area (Å²) < 4.78 is 28.6. The number of carbonyl (C=O) groups excluding carboxylic acids is 1. The number of carbonyl (C=O) groups is 1. The molecule has 0 saturated carbocycles. The molecule has 5 nitrogen and oxygen atoms in total. The summed E-state index contributed by atoms with van der Waals surface area (Å²) in [7, 11) is -3.73. The van der Waals surface area contributed by atoms with Gasteiger partial charge in [0.1, 0.15) is 0 Å². The lowest BCUT2D eigenvalue weighted by Gasteiger charge is -2.13. The van der Waals surface area contributed by atoms with Crippen LogP contribution in [0.4, 0.5) is 5.69 Å². The highest BCUT2D eigenvalue weighted by Crippen LogP contribution is 2.26. The number of aryl methyl sites for hydroxylation is 1. The summed E-state index contributed by atoms with van der Waals surface area (Å²) in [5, 5.41) is 2.82. The van der Waals surface area contributed by atoms with Gasteiger partial charge in [0.05, 0.1) is 4.90 Å². The molecular formula is C17H17BrN2O3S. The predicted molar refractivity (Wildman–Crippen MR) is 96.8 cm³/mol. The third-order valence-corrected chi connectivity index (χ3v) is 6.41. The highest BCUT2D eigenvalue weighted by molar-refractivity contribution is 9.10. The van der Waals surface area contributed by atoms with E-state index in [1.165, 1.54) is 0 Å². The number of hydrogen-bond donors (Lipinski definition) is 2. The number of halogens is 1. The van der Waals surface area contributed by atoms with Gasteiger partial charge in [-0.25, -0.2) is 8.42 Å². The number of fused-ring (bicyclic) bond motifs is 1. The van der Waals surface area contributed by atoms with E-state index in [1.807, 2.05) is 6.07 Å². The fraction of sp³-hybridized carbons (Fsp3) is 0.235. The number of benzene rings is 2. The minimum absolute atomic E-state index is 0.165. The first kappa shape index (κ1) is 17.0. The summed E-state index contributed by atoms with van der Waals surface area (Å²) in [4.78, 5) is 12.3. The van der Waals surface area contributed by atoms with Crippen molar-refractivity contribution in [2.24, 2.45) is 0 Å². The third kappa shape index (κ3) is 3.32. The molecule has 1 heterocycles. The number of amides is 1. The van der Waals surface area contributed by atoms with Crippen molar-refractivity contribution in [2.75, 3.05) is 11.3 Å². The highest BCUT2D eigenvalue weighted by atomic mass is 79.9. The maximum absolute atomic E-state index is 12.7. The Labute approximate surface area is 149 Å². The first-order chi connectivity index (χ1) is 11.4. The first-order valence-electron chi connectivity index (χ1n) is 7.57. The Morgan fingerprint density at radius 2 is 2.00 bits per heavy atom. The Hall–Kier alpha value is -1.86. The molecule has 0 fully saturated rings. The SMILES string of the molecule is Cc1c(Br)cccc1S(=O)(=O)Nc1ccc2c(c1)C(=O)NCCC2. The van der Waals surface area contributed by atoms with Crippen molar-refractivity contribution >= 4 is 37.5 Å². The molecule has 2 aromatic rings. The standard InChI is InChI=1S/C17H17BrN2O3S/c1-11-15(18)5-2-6-16(11)24(22,23)20-13-8-7-12-4-3-9-19-17(21)14(12)10-13/h2,5-8,10,20H,3-4,9H2,1H3,(H,19,21). The van der Waals surface area contributed by atoms with Crippen LogP contribution in [0.3, 0.4) is 0 Å². The minimum atomic E-state index is -3.73. The minimum Gasteiger partial charge on any atom is -0.352 e. The Bertz CT molecular complexity index is 910. The van der Waals surface area contributed by atoms with Gasteiger partial charge in [0.2, 0.25) is 0 Å². The summed E-state index contributed by atoms with van der Waals surface area (Å²) in [5.41, 5.74) is 2.48. The van der Waals surface area contributed by atoms with Crippen LogP contribution in [0.15, 0.2) is 45.8 Å². The zero-order valence-corrected chi connectivity index (χ0v) is 15.5. The van der Waals surface area contributed by atoms with Gasteiger partial charge in [-0.2, -0.15) is 0 Å². The van der Waals surface area contributed by atoms with Crippen LogP contribution in [0.25, 0.3) is 0 Å². The molecule has 0 bridgehead atoms. The topological polar surface area (TPSA) is 75.3 Å². The molecule has 0 atom stereocenters. The molecule has 0 aromatic heterocycles. The molecule has 3 rings (SSSR count). The van der Waals surface area contributed by atoms with Crippen LogP contribution in [-0.2, 0) is 16.4 Å². The van der Waals surface area contributed by atoms with E-state index in [0.717, 1.165) is 22.9 Å². The summed E-state index contributed by atoms with van der Waals surface area (Å²) in [6.07, 6.45) is 1.67. The van der Waals surface area contributed by atoms with Crippen LogP contribution in [0.5, 0.6) is 0 Å². The van der Waals surface area contributed by atoms with Crippen LogP contribution in [-0.4, -0.2) is 20.9 Å². The molecule has 2 aromatic carbocycles. The summed E-state index contributed by atoms with van der Waals surface area (Å²) in [6, 6.07) is 10.1. The lowest BCUT2D eigenvalue weighted by atomic mass is 10.0. The zero-order chi connectivity index (χ0) is 17.3. The second kappa shape index (κ2) is 6.57. The summed E-state index contributed by atoms with van der Waals surface area (Å²) >= 11 is 3.34. The zero-order valence-electron chi connectivity index (χ0n) is 13.1. The van der Waals surface area contributed by atoms with Gasteiger partial charge < -0.3 is 5.32 Å². The van der Waals surface area contributed by atoms with Gasteiger partial charge >= 0.3 is 0 Å². The van der Waals surface area contributed by atoms with Crippen molar-refractivity contribution in [1.82, 2.24) is 5.32 Å².